The quantitative estimate of drug-likeness (QED) is 0.741. The molecule has 0 N–H and O–H groups in total. The summed E-state index contributed by atoms with van der Waals surface area (Å²) in [5.41, 5.74) is 5.73. The highest BCUT2D eigenvalue weighted by molar-refractivity contribution is 5.69. The number of aromatic nitrogens is 4. The van der Waals surface area contributed by atoms with E-state index in [0.717, 1.165) is 49.6 Å². The van der Waals surface area contributed by atoms with Gasteiger partial charge in [-0.15, -0.1) is 10.2 Å². The smallest absolute Gasteiger partial charge is 0.200 e. The topological polar surface area (TPSA) is 49.6 Å². The van der Waals surface area contributed by atoms with E-state index < -0.39 is 0 Å². The van der Waals surface area contributed by atoms with E-state index in [-0.39, 0.29) is 0 Å². The Hall–Kier alpha value is -2.63. The molecular formula is C18H22N6. The zero-order valence-electron chi connectivity index (χ0n) is 14.2. The van der Waals surface area contributed by atoms with E-state index in [0.29, 0.717) is 0 Å². The lowest BCUT2D eigenvalue weighted by Gasteiger charge is -2.38. The first-order valence-corrected chi connectivity index (χ1v) is 8.51. The van der Waals surface area contributed by atoms with Crippen molar-refractivity contribution in [2.75, 3.05) is 36.0 Å². The molecule has 2 aromatic heterocycles. The maximum Gasteiger partial charge on any atom is 0.200 e. The van der Waals surface area contributed by atoms with Crippen LogP contribution in [0.2, 0.25) is 0 Å². The summed E-state index contributed by atoms with van der Waals surface area (Å²) in [6.07, 6.45) is 2.59. The monoisotopic (exact) mass is 322 g/mol. The Morgan fingerprint density at radius 1 is 1.00 bits per heavy atom. The molecule has 1 aromatic carbocycles. The fourth-order valence-corrected chi connectivity index (χ4v) is 3.37. The van der Waals surface area contributed by atoms with Gasteiger partial charge in [0.25, 0.3) is 0 Å². The van der Waals surface area contributed by atoms with Gasteiger partial charge in [-0.3, -0.25) is 0 Å². The van der Waals surface area contributed by atoms with Crippen LogP contribution in [0.15, 0.2) is 36.7 Å². The van der Waals surface area contributed by atoms with Gasteiger partial charge in [0.2, 0.25) is 5.65 Å². The molecule has 1 aliphatic rings. The van der Waals surface area contributed by atoms with Crippen molar-refractivity contribution in [1.29, 1.82) is 0 Å². The van der Waals surface area contributed by atoms with Gasteiger partial charge in [0, 0.05) is 31.9 Å². The van der Waals surface area contributed by atoms with Crippen LogP contribution in [0, 0.1) is 6.92 Å². The maximum atomic E-state index is 4.54. The summed E-state index contributed by atoms with van der Waals surface area (Å²) < 4.78 is 1.79. The van der Waals surface area contributed by atoms with Gasteiger partial charge in [-0.05, 0) is 31.0 Å². The molecule has 0 unspecified atom stereocenters. The maximum absolute atomic E-state index is 4.54. The summed E-state index contributed by atoms with van der Waals surface area (Å²) in [5, 5.41) is 12.8. The number of para-hydroxylation sites is 1. The van der Waals surface area contributed by atoms with Crippen LogP contribution in [-0.4, -0.2) is 46.0 Å². The number of piperazine rings is 1. The molecule has 1 saturated heterocycles. The molecule has 1 aliphatic heterocycles. The average molecular weight is 322 g/mol. The van der Waals surface area contributed by atoms with E-state index >= 15 is 0 Å². The number of hydrogen-bond donors (Lipinski definition) is 0. The SMILES string of the molecule is CCc1cc(N2CCN(c3ccccc3C)CC2)c2nncn2n1. The molecule has 0 saturated carbocycles. The lowest BCUT2D eigenvalue weighted by atomic mass is 10.1. The Morgan fingerprint density at radius 3 is 2.42 bits per heavy atom. The second kappa shape index (κ2) is 6.11. The second-order valence-corrected chi connectivity index (χ2v) is 6.23. The zero-order valence-corrected chi connectivity index (χ0v) is 14.2. The Labute approximate surface area is 141 Å². The number of fused-ring (bicyclic) bond motifs is 1. The van der Waals surface area contributed by atoms with Crippen LogP contribution in [0.25, 0.3) is 5.65 Å². The molecule has 0 aliphatic carbocycles. The summed E-state index contributed by atoms with van der Waals surface area (Å²) in [4.78, 5) is 4.87. The average Bonchev–Trinajstić information content (AvgIpc) is 3.10. The Balaban J connectivity index is 1.58. The number of hydrogen-bond acceptors (Lipinski definition) is 5. The van der Waals surface area contributed by atoms with Crippen LogP contribution in [0.1, 0.15) is 18.2 Å². The number of benzene rings is 1. The third-order valence-electron chi connectivity index (χ3n) is 4.74. The van der Waals surface area contributed by atoms with E-state index in [1.807, 2.05) is 0 Å². The standard InChI is InChI=1S/C18H22N6/c1-3-15-12-17(18-20-19-13-24(18)21-15)23-10-8-22(9-11-23)16-7-5-4-6-14(16)2/h4-7,12-13H,3,8-11H2,1-2H3. The minimum Gasteiger partial charge on any atom is -0.368 e. The van der Waals surface area contributed by atoms with E-state index in [2.05, 4.69) is 69.3 Å². The zero-order chi connectivity index (χ0) is 16.5. The highest BCUT2D eigenvalue weighted by atomic mass is 15.4. The predicted molar refractivity (Wildman–Crippen MR) is 95.8 cm³/mol. The molecule has 0 radical (unpaired) electrons. The van der Waals surface area contributed by atoms with E-state index in [1.165, 1.54) is 11.3 Å². The van der Waals surface area contributed by atoms with Crippen LogP contribution in [-0.2, 0) is 6.42 Å². The largest absolute Gasteiger partial charge is 0.368 e. The first-order chi connectivity index (χ1) is 11.8. The van der Waals surface area contributed by atoms with Crippen LogP contribution in [0.5, 0.6) is 0 Å². The molecule has 0 bridgehead atoms. The summed E-state index contributed by atoms with van der Waals surface area (Å²) in [7, 11) is 0. The molecule has 0 atom stereocenters. The van der Waals surface area contributed by atoms with E-state index in [9.17, 15) is 0 Å². The first-order valence-electron chi connectivity index (χ1n) is 8.51. The highest BCUT2D eigenvalue weighted by Crippen LogP contribution is 2.25. The van der Waals surface area contributed by atoms with Crippen molar-refractivity contribution < 1.29 is 0 Å². The molecule has 4 rings (SSSR count). The summed E-state index contributed by atoms with van der Waals surface area (Å²) in [5.74, 6) is 0. The van der Waals surface area contributed by atoms with Gasteiger partial charge in [0.05, 0.1) is 11.4 Å². The van der Waals surface area contributed by atoms with Crippen LogP contribution in [0.3, 0.4) is 0 Å². The van der Waals surface area contributed by atoms with Gasteiger partial charge in [-0.2, -0.15) is 9.61 Å². The van der Waals surface area contributed by atoms with Crippen molar-refractivity contribution >= 4 is 17.0 Å². The molecule has 6 heteroatoms. The molecule has 0 spiro atoms. The highest BCUT2D eigenvalue weighted by Gasteiger charge is 2.21. The molecule has 0 amide bonds. The number of rotatable bonds is 3. The predicted octanol–water partition coefficient (Wildman–Crippen LogP) is 2.32. The summed E-state index contributed by atoms with van der Waals surface area (Å²) >= 11 is 0. The Kier molecular flexibility index (Phi) is 3.80. The number of aryl methyl sites for hydroxylation is 2. The van der Waals surface area contributed by atoms with E-state index in [4.69, 9.17) is 0 Å². The number of nitrogens with zero attached hydrogens (tertiary/aromatic N) is 6. The van der Waals surface area contributed by atoms with Gasteiger partial charge in [0.15, 0.2) is 0 Å². The van der Waals surface area contributed by atoms with Gasteiger partial charge in [0.1, 0.15) is 6.33 Å². The Bertz CT molecular complexity index is 848. The molecule has 124 valence electrons. The van der Waals surface area contributed by atoms with Gasteiger partial charge in [-0.25, -0.2) is 0 Å². The van der Waals surface area contributed by atoms with Gasteiger partial charge < -0.3 is 9.80 Å². The first kappa shape index (κ1) is 14.9. The summed E-state index contributed by atoms with van der Waals surface area (Å²) in [6, 6.07) is 10.8. The minimum atomic E-state index is 0.844. The molecule has 3 heterocycles. The lowest BCUT2D eigenvalue weighted by Crippen LogP contribution is -2.47. The van der Waals surface area contributed by atoms with Crippen molar-refractivity contribution in [3.8, 4) is 0 Å². The van der Waals surface area contributed by atoms with Gasteiger partial charge in [-0.1, -0.05) is 25.1 Å². The van der Waals surface area contributed by atoms with Crippen LogP contribution in [0.4, 0.5) is 11.4 Å². The minimum absolute atomic E-state index is 0.844. The molecule has 3 aromatic rings. The molecule has 6 nitrogen and oxygen atoms in total. The van der Waals surface area contributed by atoms with E-state index in [1.54, 1.807) is 10.8 Å². The van der Waals surface area contributed by atoms with Crippen LogP contribution < -0.4 is 9.80 Å². The molecule has 24 heavy (non-hydrogen) atoms. The molecule has 1 fully saturated rings. The lowest BCUT2D eigenvalue weighted by molar-refractivity contribution is 0.650. The second-order valence-electron chi connectivity index (χ2n) is 6.23. The van der Waals surface area contributed by atoms with Crippen molar-refractivity contribution in [3.63, 3.8) is 0 Å². The van der Waals surface area contributed by atoms with Crippen molar-refractivity contribution in [1.82, 2.24) is 19.8 Å². The number of anilines is 2. The van der Waals surface area contributed by atoms with Crippen molar-refractivity contribution in [2.24, 2.45) is 0 Å². The van der Waals surface area contributed by atoms with Gasteiger partial charge >= 0.3 is 0 Å². The fourth-order valence-electron chi connectivity index (χ4n) is 3.37. The Morgan fingerprint density at radius 2 is 1.71 bits per heavy atom. The van der Waals surface area contributed by atoms with Crippen LogP contribution >= 0.6 is 0 Å². The molecular weight excluding hydrogens is 300 g/mol. The third kappa shape index (κ3) is 2.58. The fraction of sp³-hybridized carbons (Fsp3) is 0.389. The third-order valence-corrected chi connectivity index (χ3v) is 4.74. The van der Waals surface area contributed by atoms with Crippen molar-refractivity contribution in [3.05, 3.63) is 47.9 Å². The van der Waals surface area contributed by atoms with Crippen molar-refractivity contribution in [2.45, 2.75) is 20.3 Å². The summed E-state index contributed by atoms with van der Waals surface area (Å²) in [6.45, 7) is 8.27. The normalized spacial score (nSPS) is 15.2.